The van der Waals surface area contributed by atoms with E-state index in [2.05, 4.69) is 68.9 Å². The van der Waals surface area contributed by atoms with E-state index in [1.807, 2.05) is 7.05 Å². The Kier molecular flexibility index (Phi) is 4.80. The predicted octanol–water partition coefficient (Wildman–Crippen LogP) is 3.87. The summed E-state index contributed by atoms with van der Waals surface area (Å²) >= 11 is 5.24. The van der Waals surface area contributed by atoms with Crippen molar-refractivity contribution in [2.75, 3.05) is 19.0 Å². The molecule has 1 N–H and O–H groups in total. The largest absolute Gasteiger partial charge is 0.370 e. The smallest absolute Gasteiger partial charge is 0.0701 e. The summed E-state index contributed by atoms with van der Waals surface area (Å²) in [6.45, 7) is 1.83. The molecule has 2 nitrogen and oxygen atoms in total. The van der Waals surface area contributed by atoms with Gasteiger partial charge in [-0.2, -0.15) is 0 Å². The van der Waals surface area contributed by atoms with Gasteiger partial charge in [0.1, 0.15) is 0 Å². The SMILES string of the molecule is CNCc1ccccc1N(C)Cc1csc(Br)c1. The molecule has 0 atom stereocenters. The first-order valence-electron chi connectivity index (χ1n) is 5.87. The lowest BCUT2D eigenvalue weighted by Crippen LogP contribution is -2.19. The summed E-state index contributed by atoms with van der Waals surface area (Å²) in [6, 6.07) is 10.7. The van der Waals surface area contributed by atoms with Gasteiger partial charge in [-0.1, -0.05) is 18.2 Å². The highest BCUT2D eigenvalue weighted by atomic mass is 79.9. The van der Waals surface area contributed by atoms with E-state index in [1.54, 1.807) is 11.3 Å². The fourth-order valence-electron chi connectivity index (χ4n) is 2.01. The molecule has 0 bridgehead atoms. The molecule has 2 aromatic rings. The van der Waals surface area contributed by atoms with E-state index in [9.17, 15) is 0 Å². The molecule has 0 aliphatic rings. The lowest BCUT2D eigenvalue weighted by atomic mass is 10.1. The van der Waals surface area contributed by atoms with E-state index in [4.69, 9.17) is 0 Å². The van der Waals surface area contributed by atoms with Crippen molar-refractivity contribution < 1.29 is 0 Å². The maximum absolute atomic E-state index is 3.51. The molecule has 0 amide bonds. The number of nitrogens with one attached hydrogen (secondary N) is 1. The van der Waals surface area contributed by atoms with Crippen LogP contribution in [0.5, 0.6) is 0 Å². The lowest BCUT2D eigenvalue weighted by molar-refractivity contribution is 0.806. The molecule has 1 aromatic heterocycles. The van der Waals surface area contributed by atoms with Crippen molar-refractivity contribution in [2.45, 2.75) is 13.1 Å². The number of para-hydroxylation sites is 1. The van der Waals surface area contributed by atoms with E-state index < -0.39 is 0 Å². The van der Waals surface area contributed by atoms with Crippen LogP contribution < -0.4 is 10.2 Å². The molecule has 0 fully saturated rings. The molecule has 96 valence electrons. The van der Waals surface area contributed by atoms with Crippen molar-refractivity contribution >= 4 is 33.0 Å². The molecule has 1 heterocycles. The molecule has 0 aliphatic heterocycles. The summed E-state index contributed by atoms with van der Waals surface area (Å²) in [6.07, 6.45) is 0. The highest BCUT2D eigenvalue weighted by molar-refractivity contribution is 9.11. The number of rotatable bonds is 5. The second-order valence-electron chi connectivity index (χ2n) is 4.27. The Labute approximate surface area is 121 Å². The third-order valence-corrected chi connectivity index (χ3v) is 4.36. The van der Waals surface area contributed by atoms with Crippen molar-refractivity contribution in [3.8, 4) is 0 Å². The molecule has 0 radical (unpaired) electrons. The zero-order chi connectivity index (χ0) is 13.0. The average molecular weight is 325 g/mol. The number of halogens is 1. The molecule has 1 aromatic carbocycles. The maximum atomic E-state index is 3.51. The van der Waals surface area contributed by atoms with Crippen LogP contribution in [0.2, 0.25) is 0 Å². The predicted molar refractivity (Wildman–Crippen MR) is 83.3 cm³/mol. The van der Waals surface area contributed by atoms with Crippen molar-refractivity contribution in [3.63, 3.8) is 0 Å². The van der Waals surface area contributed by atoms with Crippen LogP contribution in [0.15, 0.2) is 39.5 Å². The van der Waals surface area contributed by atoms with Crippen LogP contribution in [0.25, 0.3) is 0 Å². The van der Waals surface area contributed by atoms with Crippen LogP contribution in [0, 0.1) is 0 Å². The minimum Gasteiger partial charge on any atom is -0.370 e. The van der Waals surface area contributed by atoms with Crippen LogP contribution in [0.4, 0.5) is 5.69 Å². The molecular weight excluding hydrogens is 308 g/mol. The summed E-state index contributed by atoms with van der Waals surface area (Å²) in [5, 5.41) is 5.41. The Morgan fingerprint density at radius 3 is 2.78 bits per heavy atom. The van der Waals surface area contributed by atoms with Gasteiger partial charge in [-0.3, -0.25) is 0 Å². The first-order valence-corrected chi connectivity index (χ1v) is 7.54. The first kappa shape index (κ1) is 13.6. The summed E-state index contributed by atoms with van der Waals surface area (Å²) in [7, 11) is 4.12. The molecule has 0 saturated carbocycles. The van der Waals surface area contributed by atoms with Gasteiger partial charge < -0.3 is 10.2 Å². The van der Waals surface area contributed by atoms with Gasteiger partial charge in [0, 0.05) is 25.8 Å². The lowest BCUT2D eigenvalue weighted by Gasteiger charge is -2.22. The van der Waals surface area contributed by atoms with Crippen molar-refractivity contribution in [3.05, 3.63) is 50.6 Å². The molecule has 0 aliphatic carbocycles. The van der Waals surface area contributed by atoms with E-state index in [0.717, 1.165) is 13.1 Å². The van der Waals surface area contributed by atoms with Crippen molar-refractivity contribution in [1.82, 2.24) is 5.32 Å². The highest BCUT2D eigenvalue weighted by Crippen LogP contribution is 2.25. The third-order valence-electron chi connectivity index (χ3n) is 2.81. The van der Waals surface area contributed by atoms with Gasteiger partial charge in [0.25, 0.3) is 0 Å². The van der Waals surface area contributed by atoms with Crippen molar-refractivity contribution in [1.29, 1.82) is 0 Å². The van der Waals surface area contributed by atoms with Crippen LogP contribution in [0.3, 0.4) is 0 Å². The summed E-state index contributed by atoms with van der Waals surface area (Å²) < 4.78 is 1.19. The first-order chi connectivity index (χ1) is 8.70. The number of hydrogen-bond donors (Lipinski definition) is 1. The summed E-state index contributed by atoms with van der Waals surface area (Å²) in [4.78, 5) is 2.29. The second kappa shape index (κ2) is 6.36. The van der Waals surface area contributed by atoms with Gasteiger partial charge in [0.2, 0.25) is 0 Å². The average Bonchev–Trinajstić information content (AvgIpc) is 2.76. The molecular formula is C14H17BrN2S. The third kappa shape index (κ3) is 3.34. The summed E-state index contributed by atoms with van der Waals surface area (Å²) in [5.41, 5.74) is 3.96. The maximum Gasteiger partial charge on any atom is 0.0701 e. The number of thiophene rings is 1. The van der Waals surface area contributed by atoms with Crippen LogP contribution in [0.1, 0.15) is 11.1 Å². The molecule has 0 spiro atoms. The number of nitrogens with zero attached hydrogens (tertiary/aromatic N) is 1. The number of hydrogen-bond acceptors (Lipinski definition) is 3. The second-order valence-corrected chi connectivity index (χ2v) is 6.56. The van der Waals surface area contributed by atoms with Gasteiger partial charge in [-0.05, 0) is 51.6 Å². The fourth-order valence-corrected chi connectivity index (χ4v) is 3.21. The van der Waals surface area contributed by atoms with Gasteiger partial charge in [0.05, 0.1) is 3.79 Å². The van der Waals surface area contributed by atoms with Gasteiger partial charge in [-0.25, -0.2) is 0 Å². The van der Waals surface area contributed by atoms with Crippen LogP contribution in [-0.2, 0) is 13.1 Å². The van der Waals surface area contributed by atoms with Gasteiger partial charge >= 0.3 is 0 Å². The summed E-state index contributed by atoms with van der Waals surface area (Å²) in [5.74, 6) is 0. The minimum absolute atomic E-state index is 0.897. The Morgan fingerprint density at radius 1 is 1.33 bits per heavy atom. The number of benzene rings is 1. The minimum atomic E-state index is 0.897. The normalized spacial score (nSPS) is 10.6. The van der Waals surface area contributed by atoms with Gasteiger partial charge in [-0.15, -0.1) is 11.3 Å². The molecule has 0 unspecified atom stereocenters. The highest BCUT2D eigenvalue weighted by Gasteiger charge is 2.07. The van der Waals surface area contributed by atoms with Gasteiger partial charge in [0.15, 0.2) is 0 Å². The van der Waals surface area contributed by atoms with Crippen LogP contribution in [-0.4, -0.2) is 14.1 Å². The molecule has 18 heavy (non-hydrogen) atoms. The Morgan fingerprint density at radius 2 is 2.11 bits per heavy atom. The van der Waals surface area contributed by atoms with E-state index >= 15 is 0 Å². The Hall–Kier alpha value is -0.840. The van der Waals surface area contributed by atoms with E-state index in [-0.39, 0.29) is 0 Å². The fraction of sp³-hybridized carbons (Fsp3) is 0.286. The number of anilines is 1. The molecule has 4 heteroatoms. The van der Waals surface area contributed by atoms with Crippen LogP contribution >= 0.6 is 27.3 Å². The van der Waals surface area contributed by atoms with E-state index in [1.165, 1.54) is 20.6 Å². The zero-order valence-electron chi connectivity index (χ0n) is 10.6. The monoisotopic (exact) mass is 324 g/mol. The van der Waals surface area contributed by atoms with Crippen molar-refractivity contribution in [2.24, 2.45) is 0 Å². The topological polar surface area (TPSA) is 15.3 Å². The Balaban J connectivity index is 2.15. The van der Waals surface area contributed by atoms with E-state index in [0.29, 0.717) is 0 Å². The molecule has 2 rings (SSSR count). The quantitative estimate of drug-likeness (QED) is 0.898. The molecule has 0 saturated heterocycles. The standard InChI is InChI=1S/C14H17BrN2S/c1-16-8-12-5-3-4-6-13(12)17(2)9-11-7-14(15)18-10-11/h3-7,10,16H,8-9H2,1-2H3. The Bertz CT molecular complexity index is 510. The zero-order valence-corrected chi connectivity index (χ0v) is 13.0.